The SMILES string of the molecule is CC[C@H](CO)Nc1nc2ccccn2c(=O)c1/C=C1\SC(=S)N(Cc2ccccc2Cl)C1=O. The van der Waals surface area contributed by atoms with Gasteiger partial charge in [-0.1, -0.05) is 66.8 Å². The van der Waals surface area contributed by atoms with E-state index >= 15 is 0 Å². The summed E-state index contributed by atoms with van der Waals surface area (Å²) in [7, 11) is 0. The number of thioether (sulfide) groups is 1. The highest BCUT2D eigenvalue weighted by atomic mass is 35.5. The zero-order valence-electron chi connectivity index (χ0n) is 17.7. The minimum atomic E-state index is -0.327. The summed E-state index contributed by atoms with van der Waals surface area (Å²) in [5.74, 6) is 0.00565. The van der Waals surface area contributed by atoms with Gasteiger partial charge in [-0.05, 0) is 36.3 Å². The van der Waals surface area contributed by atoms with E-state index in [9.17, 15) is 14.7 Å². The van der Waals surface area contributed by atoms with Crippen molar-refractivity contribution in [2.75, 3.05) is 11.9 Å². The number of aliphatic hydroxyl groups excluding tert-OH is 1. The van der Waals surface area contributed by atoms with Gasteiger partial charge in [-0.2, -0.15) is 0 Å². The minimum absolute atomic E-state index is 0.119. The second-order valence-electron chi connectivity index (χ2n) is 7.40. The number of thiocarbonyl (C=S) groups is 1. The fourth-order valence-corrected chi connectivity index (χ4v) is 4.81. The van der Waals surface area contributed by atoms with Gasteiger partial charge < -0.3 is 10.4 Å². The molecule has 33 heavy (non-hydrogen) atoms. The summed E-state index contributed by atoms with van der Waals surface area (Å²) in [6.07, 6.45) is 3.77. The number of halogens is 1. The van der Waals surface area contributed by atoms with Crippen LogP contribution in [-0.2, 0) is 11.3 Å². The van der Waals surface area contributed by atoms with Crippen molar-refractivity contribution in [3.8, 4) is 0 Å². The largest absolute Gasteiger partial charge is 0.394 e. The number of hydrogen-bond acceptors (Lipinski definition) is 7. The monoisotopic (exact) mass is 500 g/mol. The van der Waals surface area contributed by atoms with Gasteiger partial charge in [0.15, 0.2) is 0 Å². The number of aliphatic hydroxyl groups is 1. The molecule has 3 aromatic rings. The summed E-state index contributed by atoms with van der Waals surface area (Å²) in [6.45, 7) is 2.04. The van der Waals surface area contributed by atoms with Crippen molar-refractivity contribution in [2.45, 2.75) is 25.9 Å². The molecule has 3 heterocycles. The van der Waals surface area contributed by atoms with Crippen LogP contribution in [0.5, 0.6) is 0 Å². The Kier molecular flexibility index (Phi) is 7.14. The molecule has 1 saturated heterocycles. The van der Waals surface area contributed by atoms with E-state index in [1.807, 2.05) is 25.1 Å². The smallest absolute Gasteiger partial charge is 0.267 e. The van der Waals surface area contributed by atoms with Gasteiger partial charge in [-0.15, -0.1) is 0 Å². The lowest BCUT2D eigenvalue weighted by Crippen LogP contribution is -2.28. The molecular weight excluding hydrogens is 480 g/mol. The molecule has 4 rings (SSSR count). The summed E-state index contributed by atoms with van der Waals surface area (Å²) < 4.78 is 1.80. The van der Waals surface area contributed by atoms with Crippen molar-refractivity contribution in [3.63, 3.8) is 0 Å². The van der Waals surface area contributed by atoms with Crippen LogP contribution >= 0.6 is 35.6 Å². The summed E-state index contributed by atoms with van der Waals surface area (Å²) in [5.41, 5.74) is 1.14. The summed E-state index contributed by atoms with van der Waals surface area (Å²) in [5, 5.41) is 13.3. The third-order valence-corrected chi connectivity index (χ3v) is 7.00. The van der Waals surface area contributed by atoms with Crippen LogP contribution in [0.1, 0.15) is 24.5 Å². The predicted octanol–water partition coefficient (Wildman–Crippen LogP) is 3.93. The Hall–Kier alpha value is -2.72. The maximum atomic E-state index is 13.3. The van der Waals surface area contributed by atoms with Crippen molar-refractivity contribution in [1.29, 1.82) is 0 Å². The highest BCUT2D eigenvalue weighted by molar-refractivity contribution is 8.26. The van der Waals surface area contributed by atoms with Crippen molar-refractivity contribution < 1.29 is 9.90 Å². The molecule has 0 spiro atoms. The maximum Gasteiger partial charge on any atom is 0.267 e. The lowest BCUT2D eigenvalue weighted by atomic mass is 10.2. The molecule has 0 aliphatic carbocycles. The van der Waals surface area contributed by atoms with E-state index in [1.54, 1.807) is 30.5 Å². The Morgan fingerprint density at radius 3 is 2.73 bits per heavy atom. The number of rotatable bonds is 7. The molecule has 2 N–H and O–H groups in total. The van der Waals surface area contributed by atoms with Gasteiger partial charge in [-0.3, -0.25) is 18.9 Å². The third kappa shape index (κ3) is 4.81. The first-order valence-corrected chi connectivity index (χ1v) is 11.9. The first kappa shape index (κ1) is 23.4. The Morgan fingerprint density at radius 2 is 2.00 bits per heavy atom. The number of pyridine rings is 1. The average molecular weight is 501 g/mol. The molecule has 0 radical (unpaired) electrons. The minimum Gasteiger partial charge on any atom is -0.394 e. The zero-order valence-corrected chi connectivity index (χ0v) is 20.1. The highest BCUT2D eigenvalue weighted by Crippen LogP contribution is 2.35. The predicted molar refractivity (Wildman–Crippen MR) is 136 cm³/mol. The molecule has 1 amide bonds. The van der Waals surface area contributed by atoms with Crippen molar-refractivity contribution in [3.05, 3.63) is 80.1 Å². The summed E-state index contributed by atoms with van der Waals surface area (Å²) in [4.78, 5) is 32.8. The molecule has 1 atom stereocenters. The van der Waals surface area contributed by atoms with Crippen LogP contribution in [-0.4, -0.2) is 42.3 Å². The van der Waals surface area contributed by atoms with E-state index in [4.69, 9.17) is 23.8 Å². The molecule has 1 aromatic carbocycles. The number of amides is 1. The first-order valence-electron chi connectivity index (χ1n) is 10.3. The Labute approximate surface area is 205 Å². The van der Waals surface area contributed by atoms with Gasteiger partial charge in [0, 0.05) is 11.2 Å². The van der Waals surface area contributed by atoms with E-state index in [0.717, 1.165) is 17.3 Å². The van der Waals surface area contributed by atoms with Gasteiger partial charge in [-0.25, -0.2) is 4.98 Å². The molecule has 0 bridgehead atoms. The molecule has 1 fully saturated rings. The van der Waals surface area contributed by atoms with E-state index in [1.165, 1.54) is 15.4 Å². The van der Waals surface area contributed by atoms with E-state index in [-0.39, 0.29) is 36.2 Å². The lowest BCUT2D eigenvalue weighted by molar-refractivity contribution is -0.122. The van der Waals surface area contributed by atoms with Crippen LogP contribution < -0.4 is 10.9 Å². The van der Waals surface area contributed by atoms with Crippen molar-refractivity contribution in [1.82, 2.24) is 14.3 Å². The van der Waals surface area contributed by atoms with Crippen LogP contribution in [0.15, 0.2) is 58.4 Å². The lowest BCUT2D eigenvalue weighted by Gasteiger charge is -2.17. The quantitative estimate of drug-likeness (QED) is 0.375. The summed E-state index contributed by atoms with van der Waals surface area (Å²) >= 11 is 12.8. The van der Waals surface area contributed by atoms with Gasteiger partial charge in [0.1, 0.15) is 15.8 Å². The average Bonchev–Trinajstić information content (AvgIpc) is 3.08. The fourth-order valence-electron chi connectivity index (χ4n) is 3.38. The molecule has 1 aliphatic rings. The number of carbonyl (C=O) groups excluding carboxylic acids is 1. The molecular formula is C23H21ClN4O3S2. The van der Waals surface area contributed by atoms with E-state index in [2.05, 4.69) is 10.3 Å². The first-order chi connectivity index (χ1) is 15.9. The number of fused-ring (bicyclic) bond motifs is 1. The van der Waals surface area contributed by atoms with Crippen LogP contribution in [0.25, 0.3) is 11.7 Å². The number of hydrogen-bond donors (Lipinski definition) is 2. The Bertz CT molecular complexity index is 1320. The van der Waals surface area contributed by atoms with Crippen molar-refractivity contribution in [2.24, 2.45) is 0 Å². The van der Waals surface area contributed by atoms with Gasteiger partial charge in [0.05, 0.1) is 29.7 Å². The fraction of sp³-hybridized carbons (Fsp3) is 0.217. The van der Waals surface area contributed by atoms with Gasteiger partial charge in [0.25, 0.3) is 11.5 Å². The van der Waals surface area contributed by atoms with Gasteiger partial charge in [0.2, 0.25) is 0 Å². The highest BCUT2D eigenvalue weighted by Gasteiger charge is 2.33. The van der Waals surface area contributed by atoms with E-state index in [0.29, 0.717) is 32.1 Å². The second kappa shape index (κ2) is 10.0. The number of nitrogens with one attached hydrogen (secondary N) is 1. The zero-order chi connectivity index (χ0) is 23.5. The molecule has 170 valence electrons. The number of carbonyl (C=O) groups is 1. The van der Waals surface area contributed by atoms with Crippen LogP contribution in [0.2, 0.25) is 5.02 Å². The second-order valence-corrected chi connectivity index (χ2v) is 9.48. The topological polar surface area (TPSA) is 86.9 Å². The number of benzene rings is 1. The number of aromatic nitrogens is 2. The van der Waals surface area contributed by atoms with Crippen LogP contribution in [0.3, 0.4) is 0 Å². The molecule has 0 unspecified atom stereocenters. The molecule has 10 heteroatoms. The van der Waals surface area contributed by atoms with E-state index < -0.39 is 0 Å². The Balaban J connectivity index is 1.75. The van der Waals surface area contributed by atoms with Gasteiger partial charge >= 0.3 is 0 Å². The maximum absolute atomic E-state index is 13.3. The van der Waals surface area contributed by atoms with Crippen LogP contribution in [0, 0.1) is 0 Å². The standard InChI is InChI=1S/C23H21ClN4O3S2/c1-2-15(13-29)25-20-16(21(30)27-10-6-5-9-19(27)26-20)11-18-22(31)28(23(32)33-18)12-14-7-3-4-8-17(14)24/h3-11,15,25,29H,2,12-13H2,1H3/b18-11-/t15-/m1/s1. The summed E-state index contributed by atoms with van der Waals surface area (Å²) in [6, 6.07) is 12.2. The normalized spacial score (nSPS) is 16.1. The molecule has 7 nitrogen and oxygen atoms in total. The van der Waals surface area contributed by atoms with Crippen LogP contribution in [0.4, 0.5) is 5.82 Å². The molecule has 2 aromatic heterocycles. The van der Waals surface area contributed by atoms with Crippen molar-refractivity contribution >= 4 is 63.3 Å². The molecule has 1 aliphatic heterocycles. The number of nitrogens with zero attached hydrogens (tertiary/aromatic N) is 3. The third-order valence-electron chi connectivity index (χ3n) is 5.26. The number of anilines is 1. The molecule has 0 saturated carbocycles. The Morgan fingerprint density at radius 1 is 1.24 bits per heavy atom.